The van der Waals surface area contributed by atoms with Crippen molar-refractivity contribution in [1.29, 1.82) is 0 Å². The normalized spacial score (nSPS) is 11.7. The number of nitrogens with zero attached hydrogens (tertiary/aromatic N) is 4. The maximum absolute atomic E-state index is 12.9. The maximum Gasteiger partial charge on any atom is 0.251 e. The lowest BCUT2D eigenvalue weighted by molar-refractivity contribution is 0.406. The van der Waals surface area contributed by atoms with Crippen molar-refractivity contribution in [2.24, 2.45) is 0 Å². The van der Waals surface area contributed by atoms with E-state index in [0.717, 1.165) is 5.69 Å². The third-order valence-corrected chi connectivity index (χ3v) is 3.93. The zero-order valence-electron chi connectivity index (χ0n) is 15.2. The Labute approximate surface area is 157 Å². The van der Waals surface area contributed by atoms with Crippen LogP contribution >= 0.6 is 0 Å². The summed E-state index contributed by atoms with van der Waals surface area (Å²) >= 11 is 0. The summed E-state index contributed by atoms with van der Waals surface area (Å²) in [4.78, 5) is 12.9. The van der Waals surface area contributed by atoms with Crippen molar-refractivity contribution in [3.63, 3.8) is 0 Å². The summed E-state index contributed by atoms with van der Waals surface area (Å²) < 4.78 is 8.54. The van der Waals surface area contributed by atoms with E-state index in [1.807, 2.05) is 55.5 Å². The molecule has 6 nitrogen and oxygen atoms in total. The Bertz CT molecular complexity index is 1060. The van der Waals surface area contributed by atoms with Gasteiger partial charge in [0.2, 0.25) is 0 Å². The largest absolute Gasteiger partial charge is 0.491 e. The highest BCUT2D eigenvalue weighted by molar-refractivity contribution is 5.62. The highest BCUT2D eigenvalue weighted by atomic mass is 16.5. The molecule has 0 unspecified atom stereocenters. The van der Waals surface area contributed by atoms with Crippen LogP contribution in [0.15, 0.2) is 84.5 Å². The molecule has 0 bridgehead atoms. The molecule has 0 N–H and O–H groups in total. The summed E-state index contributed by atoms with van der Waals surface area (Å²) in [6, 6.07) is 11.3. The first kappa shape index (κ1) is 18.1. The van der Waals surface area contributed by atoms with Crippen molar-refractivity contribution in [3.05, 3.63) is 89.9 Å². The third kappa shape index (κ3) is 3.64. The number of hydrogen-bond donors (Lipinski definition) is 0. The summed E-state index contributed by atoms with van der Waals surface area (Å²) in [5, 5.41) is 8.87. The fraction of sp³-hybridized carbons (Fsp3) is 0.0952. The minimum atomic E-state index is -0.305. The van der Waals surface area contributed by atoms with Gasteiger partial charge in [0, 0.05) is 0 Å². The van der Waals surface area contributed by atoms with Crippen molar-refractivity contribution in [1.82, 2.24) is 19.6 Å². The van der Waals surface area contributed by atoms with Crippen molar-refractivity contribution >= 4 is 5.70 Å². The van der Waals surface area contributed by atoms with Gasteiger partial charge >= 0.3 is 0 Å². The molecule has 2 heterocycles. The van der Waals surface area contributed by atoms with Crippen molar-refractivity contribution < 1.29 is 4.74 Å². The van der Waals surface area contributed by atoms with Gasteiger partial charge in [0.1, 0.15) is 0 Å². The van der Waals surface area contributed by atoms with E-state index in [9.17, 15) is 4.79 Å². The van der Waals surface area contributed by atoms with Crippen LogP contribution in [0, 0.1) is 0 Å². The first-order chi connectivity index (χ1) is 13.2. The monoisotopic (exact) mass is 360 g/mol. The van der Waals surface area contributed by atoms with Crippen LogP contribution < -0.4 is 10.2 Å². The zero-order chi connectivity index (χ0) is 19.2. The minimum Gasteiger partial charge on any atom is -0.491 e. The van der Waals surface area contributed by atoms with Gasteiger partial charge in [-0.15, -0.1) is 0 Å². The van der Waals surface area contributed by atoms with E-state index in [1.54, 1.807) is 33.9 Å². The molecule has 27 heavy (non-hydrogen) atoms. The van der Waals surface area contributed by atoms with E-state index in [0.29, 0.717) is 11.4 Å². The maximum atomic E-state index is 12.9. The van der Waals surface area contributed by atoms with Crippen LogP contribution in [0.25, 0.3) is 22.8 Å². The number of benzene rings is 1. The number of rotatable bonds is 6. The van der Waals surface area contributed by atoms with E-state index < -0.39 is 0 Å². The molecule has 0 aliphatic carbocycles. The van der Waals surface area contributed by atoms with E-state index in [-0.39, 0.29) is 16.9 Å². The lowest BCUT2D eigenvalue weighted by Crippen LogP contribution is -2.18. The molecule has 0 saturated carbocycles. The Morgan fingerprint density at radius 3 is 2.67 bits per heavy atom. The number of hydrogen-bond acceptors (Lipinski definition) is 4. The number of aromatic nitrogens is 4. The van der Waals surface area contributed by atoms with Crippen LogP contribution in [0.4, 0.5) is 0 Å². The highest BCUT2D eigenvalue weighted by Crippen LogP contribution is 2.20. The van der Waals surface area contributed by atoms with Crippen LogP contribution in [0.2, 0.25) is 0 Å². The molecule has 0 fully saturated rings. The second kappa shape index (κ2) is 8.14. The van der Waals surface area contributed by atoms with Crippen molar-refractivity contribution in [2.75, 3.05) is 7.11 Å². The number of para-hydroxylation sites is 1. The Kier molecular flexibility index (Phi) is 5.47. The Morgan fingerprint density at radius 2 is 2.00 bits per heavy atom. The van der Waals surface area contributed by atoms with Crippen LogP contribution in [-0.4, -0.2) is 26.7 Å². The lowest BCUT2D eigenvalue weighted by atomic mass is 10.2. The van der Waals surface area contributed by atoms with Gasteiger partial charge in [-0.2, -0.15) is 10.2 Å². The van der Waals surface area contributed by atoms with E-state index in [4.69, 9.17) is 4.74 Å². The molecule has 6 heteroatoms. The van der Waals surface area contributed by atoms with Crippen molar-refractivity contribution in [2.45, 2.75) is 6.92 Å². The van der Waals surface area contributed by atoms with Crippen LogP contribution in [-0.2, 0) is 0 Å². The van der Waals surface area contributed by atoms with Gasteiger partial charge in [-0.3, -0.25) is 4.79 Å². The Morgan fingerprint density at radius 1 is 1.22 bits per heavy atom. The first-order valence-electron chi connectivity index (χ1n) is 8.43. The van der Waals surface area contributed by atoms with Crippen LogP contribution in [0.5, 0.6) is 5.75 Å². The predicted molar refractivity (Wildman–Crippen MR) is 107 cm³/mol. The van der Waals surface area contributed by atoms with Gasteiger partial charge in [0.05, 0.1) is 36.6 Å². The molecule has 3 aromatic rings. The van der Waals surface area contributed by atoms with E-state index >= 15 is 0 Å². The zero-order valence-corrected chi connectivity index (χ0v) is 15.2. The van der Waals surface area contributed by atoms with Crippen LogP contribution in [0.3, 0.4) is 0 Å². The quantitative estimate of drug-likeness (QED) is 0.629. The average molecular weight is 360 g/mol. The summed E-state index contributed by atoms with van der Waals surface area (Å²) in [6.07, 6.45) is 10.5. The lowest BCUT2D eigenvalue weighted by Gasteiger charge is -2.12. The fourth-order valence-corrected chi connectivity index (χ4v) is 2.60. The van der Waals surface area contributed by atoms with Gasteiger partial charge in [-0.1, -0.05) is 36.9 Å². The van der Waals surface area contributed by atoms with Crippen molar-refractivity contribution in [3.8, 4) is 22.8 Å². The third-order valence-electron chi connectivity index (χ3n) is 3.93. The number of allylic oxidation sites excluding steroid dienone is 5. The molecule has 0 atom stereocenters. The van der Waals surface area contributed by atoms with E-state index in [2.05, 4.69) is 16.8 Å². The molecular formula is C21H20N4O2. The SMILES string of the molecule is C=C/C(=C\C=C/C)n1cc(OC)c(=O)c(-c2ccnn2-c2ccccc2)n1. The highest BCUT2D eigenvalue weighted by Gasteiger charge is 2.17. The molecular weight excluding hydrogens is 340 g/mol. The summed E-state index contributed by atoms with van der Waals surface area (Å²) in [5.41, 5.74) is 2.05. The summed E-state index contributed by atoms with van der Waals surface area (Å²) in [5.74, 6) is 0.189. The molecule has 0 aliphatic heterocycles. The Balaban J connectivity index is 2.23. The van der Waals surface area contributed by atoms with Gasteiger partial charge in [-0.25, -0.2) is 9.36 Å². The van der Waals surface area contributed by atoms with Gasteiger partial charge in [0.25, 0.3) is 5.43 Å². The topological polar surface area (TPSA) is 61.9 Å². The molecule has 0 amide bonds. The van der Waals surface area contributed by atoms with Gasteiger partial charge in [-0.05, 0) is 37.3 Å². The Hall–Kier alpha value is -3.67. The molecule has 2 aromatic heterocycles. The average Bonchev–Trinajstić information content (AvgIpc) is 3.19. The molecule has 0 spiro atoms. The molecule has 3 rings (SSSR count). The number of ether oxygens (including phenoxy) is 1. The molecule has 0 saturated heterocycles. The van der Waals surface area contributed by atoms with Crippen LogP contribution in [0.1, 0.15) is 6.92 Å². The van der Waals surface area contributed by atoms with Gasteiger partial charge < -0.3 is 4.74 Å². The molecule has 1 aromatic carbocycles. The number of methoxy groups -OCH3 is 1. The minimum absolute atomic E-state index is 0.189. The smallest absolute Gasteiger partial charge is 0.251 e. The molecule has 136 valence electrons. The fourth-order valence-electron chi connectivity index (χ4n) is 2.60. The molecule has 0 radical (unpaired) electrons. The standard InChI is InChI=1S/C21H20N4O2/c1-4-6-10-16(5-2)24-15-19(27-3)21(26)20(23-24)18-13-14-22-25(18)17-11-8-7-9-12-17/h4-15H,2H2,1,3H3/b6-4-,16-10+. The predicted octanol–water partition coefficient (Wildman–Crippen LogP) is 3.71. The van der Waals surface area contributed by atoms with E-state index in [1.165, 1.54) is 7.11 Å². The summed E-state index contributed by atoms with van der Waals surface area (Å²) in [7, 11) is 1.46. The summed E-state index contributed by atoms with van der Waals surface area (Å²) in [6.45, 7) is 5.74. The van der Waals surface area contributed by atoms with Gasteiger partial charge in [0.15, 0.2) is 11.4 Å². The first-order valence-corrected chi connectivity index (χ1v) is 8.43. The second-order valence-electron chi connectivity index (χ2n) is 5.61. The second-order valence-corrected chi connectivity index (χ2v) is 5.61. The molecule has 0 aliphatic rings.